The summed E-state index contributed by atoms with van der Waals surface area (Å²) < 4.78 is 5.03. The second-order valence-corrected chi connectivity index (χ2v) is 5.42. The van der Waals surface area contributed by atoms with Crippen molar-refractivity contribution in [1.82, 2.24) is 9.97 Å². The van der Waals surface area contributed by atoms with Gasteiger partial charge in [-0.1, -0.05) is 6.07 Å². The summed E-state index contributed by atoms with van der Waals surface area (Å²) in [5.41, 5.74) is 4.50. The molecular formula is C17H24N4O. The third-order valence-corrected chi connectivity index (χ3v) is 3.44. The molecule has 0 aliphatic rings. The van der Waals surface area contributed by atoms with Crippen molar-refractivity contribution < 1.29 is 4.74 Å². The van der Waals surface area contributed by atoms with Crippen LogP contribution in [0.25, 0.3) is 0 Å². The van der Waals surface area contributed by atoms with E-state index in [1.165, 1.54) is 11.1 Å². The molecule has 2 N–H and O–H groups in total. The maximum atomic E-state index is 5.03. The molecule has 22 heavy (non-hydrogen) atoms. The summed E-state index contributed by atoms with van der Waals surface area (Å²) in [5.74, 6) is 1.44. The quantitative estimate of drug-likeness (QED) is 0.765. The Balaban J connectivity index is 2.06. The van der Waals surface area contributed by atoms with Crippen molar-refractivity contribution in [2.75, 3.05) is 30.9 Å². The minimum atomic E-state index is 0.641. The van der Waals surface area contributed by atoms with Gasteiger partial charge in [0.2, 0.25) is 5.95 Å². The van der Waals surface area contributed by atoms with Gasteiger partial charge in [0.15, 0.2) is 0 Å². The number of nitrogens with one attached hydrogen (secondary N) is 2. The van der Waals surface area contributed by atoms with Gasteiger partial charge in [-0.3, -0.25) is 0 Å². The van der Waals surface area contributed by atoms with E-state index in [1.807, 2.05) is 13.0 Å². The molecule has 0 amide bonds. The Hall–Kier alpha value is -2.14. The molecule has 0 aliphatic heterocycles. The normalized spacial score (nSPS) is 10.5. The third kappa shape index (κ3) is 4.70. The monoisotopic (exact) mass is 300 g/mol. The standard InChI is InChI=1S/C17H24N4O/c1-12-6-7-15(10-13(12)2)20-16-11-14(3)19-17(21-16)18-8-5-9-22-4/h6-7,10-11H,5,8-9H2,1-4H3,(H2,18,19,20,21). The van der Waals surface area contributed by atoms with Crippen molar-refractivity contribution in [3.05, 3.63) is 41.1 Å². The number of aromatic nitrogens is 2. The lowest BCUT2D eigenvalue weighted by molar-refractivity contribution is 0.197. The number of methoxy groups -OCH3 is 1. The first-order valence-electron chi connectivity index (χ1n) is 7.51. The lowest BCUT2D eigenvalue weighted by atomic mass is 10.1. The highest BCUT2D eigenvalue weighted by atomic mass is 16.5. The van der Waals surface area contributed by atoms with Crippen molar-refractivity contribution in [3.8, 4) is 0 Å². The van der Waals surface area contributed by atoms with Crippen LogP contribution in [0.5, 0.6) is 0 Å². The summed E-state index contributed by atoms with van der Waals surface area (Å²) in [5, 5.41) is 6.56. The van der Waals surface area contributed by atoms with Crippen molar-refractivity contribution in [2.24, 2.45) is 0 Å². The Bertz CT molecular complexity index is 628. The van der Waals surface area contributed by atoms with Gasteiger partial charge in [0.1, 0.15) is 5.82 Å². The van der Waals surface area contributed by atoms with E-state index >= 15 is 0 Å². The second kappa shape index (κ2) is 7.75. The molecule has 0 saturated carbocycles. The number of nitrogens with zero attached hydrogens (tertiary/aromatic N) is 2. The molecule has 1 heterocycles. The van der Waals surface area contributed by atoms with Crippen LogP contribution in [0.3, 0.4) is 0 Å². The topological polar surface area (TPSA) is 59.1 Å². The van der Waals surface area contributed by atoms with E-state index < -0.39 is 0 Å². The van der Waals surface area contributed by atoms with E-state index in [0.29, 0.717) is 5.95 Å². The molecule has 0 atom stereocenters. The van der Waals surface area contributed by atoms with Gasteiger partial charge in [-0.25, -0.2) is 4.98 Å². The first-order chi connectivity index (χ1) is 10.6. The average Bonchev–Trinajstić information content (AvgIpc) is 2.47. The molecule has 0 saturated heterocycles. The molecule has 0 aliphatic carbocycles. The van der Waals surface area contributed by atoms with Crippen LogP contribution in [0, 0.1) is 20.8 Å². The van der Waals surface area contributed by atoms with Gasteiger partial charge in [0.25, 0.3) is 0 Å². The fourth-order valence-corrected chi connectivity index (χ4v) is 2.10. The van der Waals surface area contributed by atoms with Gasteiger partial charge in [-0.05, 0) is 50.5 Å². The average molecular weight is 300 g/mol. The Morgan fingerprint density at radius 3 is 2.59 bits per heavy atom. The van der Waals surface area contributed by atoms with Crippen LogP contribution < -0.4 is 10.6 Å². The molecule has 0 bridgehead atoms. The molecule has 5 nitrogen and oxygen atoms in total. The molecule has 1 aromatic carbocycles. The molecule has 5 heteroatoms. The zero-order chi connectivity index (χ0) is 15.9. The summed E-state index contributed by atoms with van der Waals surface area (Å²) in [4.78, 5) is 8.91. The molecule has 0 unspecified atom stereocenters. The van der Waals surface area contributed by atoms with Crippen molar-refractivity contribution in [2.45, 2.75) is 27.2 Å². The minimum Gasteiger partial charge on any atom is -0.385 e. The van der Waals surface area contributed by atoms with Gasteiger partial charge >= 0.3 is 0 Å². The zero-order valence-corrected chi connectivity index (χ0v) is 13.7. The highest BCUT2D eigenvalue weighted by molar-refractivity contribution is 5.59. The second-order valence-electron chi connectivity index (χ2n) is 5.42. The molecule has 1 aromatic heterocycles. The van der Waals surface area contributed by atoms with E-state index in [4.69, 9.17) is 4.74 Å². The van der Waals surface area contributed by atoms with E-state index in [1.54, 1.807) is 7.11 Å². The summed E-state index contributed by atoms with van der Waals surface area (Å²) in [6.45, 7) is 7.70. The Labute approximate surface area is 132 Å². The minimum absolute atomic E-state index is 0.641. The fourth-order valence-electron chi connectivity index (χ4n) is 2.10. The maximum Gasteiger partial charge on any atom is 0.224 e. The van der Waals surface area contributed by atoms with Gasteiger partial charge in [0, 0.05) is 37.7 Å². The van der Waals surface area contributed by atoms with Crippen LogP contribution in [-0.4, -0.2) is 30.2 Å². The van der Waals surface area contributed by atoms with Crippen molar-refractivity contribution in [3.63, 3.8) is 0 Å². The van der Waals surface area contributed by atoms with Crippen LogP contribution in [0.1, 0.15) is 23.2 Å². The van der Waals surface area contributed by atoms with Crippen LogP contribution >= 0.6 is 0 Å². The van der Waals surface area contributed by atoms with Crippen LogP contribution in [0.2, 0.25) is 0 Å². The van der Waals surface area contributed by atoms with Gasteiger partial charge in [0.05, 0.1) is 0 Å². The van der Waals surface area contributed by atoms with Crippen molar-refractivity contribution in [1.29, 1.82) is 0 Å². The fraction of sp³-hybridized carbons (Fsp3) is 0.412. The molecular weight excluding hydrogens is 276 g/mol. The number of aryl methyl sites for hydroxylation is 3. The maximum absolute atomic E-state index is 5.03. The number of rotatable bonds is 7. The summed E-state index contributed by atoms with van der Waals surface area (Å²) in [6, 6.07) is 8.23. The van der Waals surface area contributed by atoms with Crippen LogP contribution in [0.15, 0.2) is 24.3 Å². The first-order valence-corrected chi connectivity index (χ1v) is 7.51. The van der Waals surface area contributed by atoms with Crippen molar-refractivity contribution >= 4 is 17.5 Å². The number of anilines is 3. The van der Waals surface area contributed by atoms with Crippen LogP contribution in [0.4, 0.5) is 17.5 Å². The predicted octanol–water partition coefficient (Wildman–Crippen LogP) is 3.59. The van der Waals surface area contributed by atoms with Gasteiger partial charge < -0.3 is 15.4 Å². The van der Waals surface area contributed by atoms with Gasteiger partial charge in [-0.15, -0.1) is 0 Å². The lowest BCUT2D eigenvalue weighted by Crippen LogP contribution is -2.09. The molecule has 0 spiro atoms. The zero-order valence-electron chi connectivity index (χ0n) is 13.7. The molecule has 2 aromatic rings. The SMILES string of the molecule is COCCCNc1nc(C)cc(Nc2ccc(C)c(C)c2)n1. The number of ether oxygens (including phenoxy) is 1. The highest BCUT2D eigenvalue weighted by Crippen LogP contribution is 2.19. The first kappa shape index (κ1) is 16.2. The highest BCUT2D eigenvalue weighted by Gasteiger charge is 2.03. The van der Waals surface area contributed by atoms with E-state index in [9.17, 15) is 0 Å². The lowest BCUT2D eigenvalue weighted by Gasteiger charge is -2.11. The molecule has 118 valence electrons. The molecule has 0 radical (unpaired) electrons. The van der Waals surface area contributed by atoms with Crippen LogP contribution in [-0.2, 0) is 4.74 Å². The van der Waals surface area contributed by atoms with E-state index in [2.05, 4.69) is 52.6 Å². The summed E-state index contributed by atoms with van der Waals surface area (Å²) >= 11 is 0. The Morgan fingerprint density at radius 2 is 1.86 bits per heavy atom. The number of hydrogen-bond donors (Lipinski definition) is 2. The third-order valence-electron chi connectivity index (χ3n) is 3.44. The smallest absolute Gasteiger partial charge is 0.224 e. The van der Waals surface area contributed by atoms with E-state index in [0.717, 1.165) is 36.8 Å². The largest absolute Gasteiger partial charge is 0.385 e. The predicted molar refractivity (Wildman–Crippen MR) is 91.0 cm³/mol. The van der Waals surface area contributed by atoms with E-state index in [-0.39, 0.29) is 0 Å². The number of benzene rings is 1. The molecule has 2 rings (SSSR count). The van der Waals surface area contributed by atoms with Gasteiger partial charge in [-0.2, -0.15) is 4.98 Å². The summed E-state index contributed by atoms with van der Waals surface area (Å²) in [6.07, 6.45) is 0.924. The molecule has 0 fully saturated rings. The Morgan fingerprint density at radius 1 is 1.05 bits per heavy atom. The Kier molecular flexibility index (Phi) is 5.72. The number of hydrogen-bond acceptors (Lipinski definition) is 5. The summed E-state index contributed by atoms with van der Waals surface area (Å²) in [7, 11) is 1.70.